The molecule has 0 aliphatic carbocycles. The molecule has 1 aromatic heterocycles. The molecule has 1 atom stereocenters. The first-order valence-corrected chi connectivity index (χ1v) is 7.79. The van der Waals surface area contributed by atoms with Crippen molar-refractivity contribution in [2.24, 2.45) is 4.99 Å². The van der Waals surface area contributed by atoms with Gasteiger partial charge in [0.2, 0.25) is 0 Å². The van der Waals surface area contributed by atoms with Crippen molar-refractivity contribution in [2.75, 3.05) is 12.4 Å². The lowest BCUT2D eigenvalue weighted by molar-refractivity contribution is -0.0634. The lowest BCUT2D eigenvalue weighted by Gasteiger charge is -2.40. The van der Waals surface area contributed by atoms with Crippen molar-refractivity contribution in [1.29, 1.82) is 5.26 Å². The van der Waals surface area contributed by atoms with Crippen LogP contribution >= 0.6 is 0 Å². The summed E-state index contributed by atoms with van der Waals surface area (Å²) >= 11 is 0. The summed E-state index contributed by atoms with van der Waals surface area (Å²) in [6, 6.07) is 8.47. The van der Waals surface area contributed by atoms with Crippen molar-refractivity contribution in [3.05, 3.63) is 52.5 Å². The van der Waals surface area contributed by atoms with E-state index < -0.39 is 5.72 Å². The summed E-state index contributed by atoms with van der Waals surface area (Å²) in [5.74, 6) is 0.0600. The lowest BCUT2D eigenvalue weighted by atomic mass is 9.95. The third kappa shape index (κ3) is 2.71. The molecule has 25 heavy (non-hydrogen) atoms. The summed E-state index contributed by atoms with van der Waals surface area (Å²) in [6.45, 7) is 3.47. The van der Waals surface area contributed by atoms with E-state index in [0.717, 1.165) is 0 Å². The molecule has 6 nitrogen and oxygen atoms in total. The molecule has 2 heterocycles. The van der Waals surface area contributed by atoms with E-state index in [0.29, 0.717) is 28.3 Å². The Kier molecular flexibility index (Phi) is 4.15. The maximum Gasteiger partial charge on any atom is 0.166 e. The second-order valence-corrected chi connectivity index (χ2v) is 5.99. The summed E-state index contributed by atoms with van der Waals surface area (Å²) in [5.41, 5.74) is 0.615. The molecule has 1 aromatic carbocycles. The number of hydrogen-bond donors (Lipinski definition) is 2. The number of aryl methyl sites for hydroxylation is 1. The molecule has 3 rings (SSSR count). The normalized spacial score (nSPS) is 18.6. The summed E-state index contributed by atoms with van der Waals surface area (Å²) in [4.78, 5) is 10.2. The smallest absolute Gasteiger partial charge is 0.166 e. The minimum Gasteiger partial charge on any atom is -0.372 e. The van der Waals surface area contributed by atoms with Crippen LogP contribution in [0.15, 0.2) is 29.3 Å². The highest BCUT2D eigenvalue weighted by Gasteiger charge is 2.39. The molecule has 2 N–H and O–H groups in total. The molecular formula is C18H18FN5O. The van der Waals surface area contributed by atoms with E-state index in [9.17, 15) is 14.8 Å². The molecule has 0 amide bonds. The fraction of sp³-hybridized carbons (Fsp3) is 0.278. The van der Waals surface area contributed by atoms with E-state index >= 15 is 0 Å². The molecule has 0 radical (unpaired) electrons. The van der Waals surface area contributed by atoms with Gasteiger partial charge in [0.05, 0.1) is 17.6 Å². The Morgan fingerprint density at radius 3 is 2.76 bits per heavy atom. The van der Waals surface area contributed by atoms with Crippen molar-refractivity contribution in [2.45, 2.75) is 26.1 Å². The zero-order chi connectivity index (χ0) is 18.2. The number of hydrogen-bond acceptors (Lipinski definition) is 6. The number of benzene rings is 1. The molecule has 0 saturated carbocycles. The van der Waals surface area contributed by atoms with E-state index in [-0.39, 0.29) is 17.9 Å². The van der Waals surface area contributed by atoms with Crippen LogP contribution in [-0.4, -0.2) is 28.4 Å². The van der Waals surface area contributed by atoms with Gasteiger partial charge in [-0.1, -0.05) is 18.2 Å². The van der Waals surface area contributed by atoms with Gasteiger partial charge in [0, 0.05) is 24.8 Å². The Balaban J connectivity index is 2.10. The number of anilines is 1. The number of aliphatic imine (C=N–C) groups is 1. The third-order valence-corrected chi connectivity index (χ3v) is 4.36. The van der Waals surface area contributed by atoms with Crippen LogP contribution in [0, 0.1) is 24.1 Å². The van der Waals surface area contributed by atoms with Crippen molar-refractivity contribution < 1.29 is 9.50 Å². The first-order valence-electron chi connectivity index (χ1n) is 7.79. The number of fused-ring (bicyclic) bond motifs is 1. The van der Waals surface area contributed by atoms with E-state index in [1.54, 1.807) is 39.1 Å². The van der Waals surface area contributed by atoms with Crippen molar-refractivity contribution >= 4 is 17.8 Å². The van der Waals surface area contributed by atoms with Gasteiger partial charge in [0.25, 0.3) is 0 Å². The standard InChI is InChI=1S/C18H18FN5O/c1-11-15-16(13(8-20)17(21-3)23-11)22-10-24(18(15,2)25)9-12-6-4-5-7-14(12)19/h4-7,10,25H,9H2,1-3H3,(H,21,23). The number of aliphatic hydroxyl groups is 1. The van der Waals surface area contributed by atoms with Gasteiger partial charge in [-0.15, -0.1) is 0 Å². The van der Waals surface area contributed by atoms with E-state index in [1.807, 2.05) is 0 Å². The van der Waals surface area contributed by atoms with Crippen LogP contribution in [0.5, 0.6) is 0 Å². The van der Waals surface area contributed by atoms with Crippen LogP contribution in [0.2, 0.25) is 0 Å². The first-order chi connectivity index (χ1) is 11.9. The molecular weight excluding hydrogens is 321 g/mol. The van der Waals surface area contributed by atoms with Gasteiger partial charge >= 0.3 is 0 Å². The van der Waals surface area contributed by atoms with E-state index in [4.69, 9.17) is 0 Å². The number of rotatable bonds is 3. The quantitative estimate of drug-likeness (QED) is 0.898. The Bertz CT molecular complexity index is 901. The predicted molar refractivity (Wildman–Crippen MR) is 92.9 cm³/mol. The summed E-state index contributed by atoms with van der Waals surface area (Å²) < 4.78 is 14.0. The number of nitrogens with zero attached hydrogens (tertiary/aromatic N) is 4. The summed E-state index contributed by atoms with van der Waals surface area (Å²) in [5, 5.41) is 23.5. The maximum absolute atomic E-state index is 14.0. The topological polar surface area (TPSA) is 84.5 Å². The van der Waals surface area contributed by atoms with Crippen LogP contribution in [-0.2, 0) is 12.3 Å². The molecule has 0 spiro atoms. The van der Waals surface area contributed by atoms with Gasteiger partial charge in [-0.25, -0.2) is 14.4 Å². The molecule has 0 saturated heterocycles. The Morgan fingerprint density at radius 2 is 2.12 bits per heavy atom. The minimum atomic E-state index is -1.48. The third-order valence-electron chi connectivity index (χ3n) is 4.36. The number of nitrogens with one attached hydrogen (secondary N) is 1. The first kappa shape index (κ1) is 16.9. The average molecular weight is 339 g/mol. The van der Waals surface area contributed by atoms with Crippen LogP contribution in [0.25, 0.3) is 0 Å². The molecule has 1 aliphatic heterocycles. The number of aromatic nitrogens is 1. The fourth-order valence-electron chi connectivity index (χ4n) is 3.06. The van der Waals surface area contributed by atoms with Gasteiger partial charge in [-0.3, -0.25) is 0 Å². The minimum absolute atomic E-state index is 0.137. The maximum atomic E-state index is 14.0. The number of pyridine rings is 1. The number of nitriles is 1. The Labute approximate surface area is 145 Å². The highest BCUT2D eigenvalue weighted by atomic mass is 19.1. The van der Waals surface area contributed by atoms with Gasteiger partial charge < -0.3 is 15.3 Å². The zero-order valence-electron chi connectivity index (χ0n) is 14.2. The Morgan fingerprint density at radius 1 is 1.40 bits per heavy atom. The predicted octanol–water partition coefficient (Wildman–Crippen LogP) is 2.78. The number of halogens is 1. The fourth-order valence-corrected chi connectivity index (χ4v) is 3.06. The molecule has 1 aliphatic rings. The monoisotopic (exact) mass is 339 g/mol. The van der Waals surface area contributed by atoms with Gasteiger partial charge in [-0.2, -0.15) is 5.26 Å². The van der Waals surface area contributed by atoms with Gasteiger partial charge in [-0.05, 0) is 19.9 Å². The molecule has 1 unspecified atom stereocenters. The summed E-state index contributed by atoms with van der Waals surface area (Å²) in [6.07, 6.45) is 1.44. The van der Waals surface area contributed by atoms with E-state index in [1.165, 1.54) is 17.3 Å². The molecule has 128 valence electrons. The van der Waals surface area contributed by atoms with Crippen LogP contribution in [0.3, 0.4) is 0 Å². The van der Waals surface area contributed by atoms with Crippen molar-refractivity contribution in [1.82, 2.24) is 9.88 Å². The lowest BCUT2D eigenvalue weighted by Crippen LogP contribution is -2.45. The molecule has 7 heteroatoms. The highest BCUT2D eigenvalue weighted by Crippen LogP contribution is 2.42. The zero-order valence-corrected chi connectivity index (χ0v) is 14.2. The van der Waals surface area contributed by atoms with Crippen molar-refractivity contribution in [3.63, 3.8) is 0 Å². The Hall–Kier alpha value is -2.98. The molecule has 0 fully saturated rings. The second-order valence-electron chi connectivity index (χ2n) is 5.99. The van der Waals surface area contributed by atoms with Crippen LogP contribution in [0.4, 0.5) is 15.9 Å². The van der Waals surface area contributed by atoms with Gasteiger partial charge in [0.1, 0.15) is 23.3 Å². The average Bonchev–Trinajstić information content (AvgIpc) is 2.58. The van der Waals surface area contributed by atoms with Gasteiger partial charge in [0.15, 0.2) is 5.72 Å². The highest BCUT2D eigenvalue weighted by molar-refractivity contribution is 5.78. The van der Waals surface area contributed by atoms with E-state index in [2.05, 4.69) is 21.4 Å². The largest absolute Gasteiger partial charge is 0.372 e. The summed E-state index contributed by atoms with van der Waals surface area (Å²) in [7, 11) is 1.67. The SMILES string of the molecule is CNc1nc(C)c2c(c1C#N)N=CN(Cc1ccccc1F)C2(C)O. The van der Waals surface area contributed by atoms with Crippen molar-refractivity contribution in [3.8, 4) is 6.07 Å². The van der Waals surface area contributed by atoms with Crippen LogP contribution in [0.1, 0.15) is 29.3 Å². The van der Waals surface area contributed by atoms with Crippen LogP contribution < -0.4 is 5.32 Å². The molecule has 0 bridgehead atoms. The second kappa shape index (κ2) is 6.15. The molecule has 2 aromatic rings.